The van der Waals surface area contributed by atoms with Crippen LogP contribution in [0.3, 0.4) is 0 Å². The molecule has 0 aromatic heterocycles. The molecule has 0 atom stereocenters. The van der Waals surface area contributed by atoms with Crippen LogP contribution in [-0.2, 0) is 0 Å². The van der Waals surface area contributed by atoms with Crippen molar-refractivity contribution in [2.24, 2.45) is 0 Å². The number of aliphatic hydroxyl groups is 2. The van der Waals surface area contributed by atoms with E-state index in [4.69, 9.17) is 10.2 Å². The molecule has 0 aliphatic carbocycles. The molecule has 0 amide bonds. The summed E-state index contributed by atoms with van der Waals surface area (Å²) in [5.74, 6) is 0. The van der Waals surface area contributed by atoms with E-state index in [0.29, 0.717) is 0 Å². The summed E-state index contributed by atoms with van der Waals surface area (Å²) in [7, 11) is 0. The van der Waals surface area contributed by atoms with Gasteiger partial charge in [0.2, 0.25) is 0 Å². The van der Waals surface area contributed by atoms with Crippen LogP contribution in [0, 0.1) is 0 Å². The standard InChI is InChI=1S/C4H10O2Se2/c5-1-3-8(7)4-2-6/h5-6H,1-4H2. The average molecular weight is 248 g/mol. The van der Waals surface area contributed by atoms with Crippen molar-refractivity contribution in [3.8, 4) is 0 Å². The van der Waals surface area contributed by atoms with Crippen LogP contribution in [0.5, 0.6) is 0 Å². The van der Waals surface area contributed by atoms with Crippen molar-refractivity contribution in [2.45, 2.75) is 10.6 Å². The molecule has 0 aliphatic heterocycles. The van der Waals surface area contributed by atoms with Gasteiger partial charge in [0.25, 0.3) is 0 Å². The Kier molecular flexibility index (Phi) is 6.81. The minimum absolute atomic E-state index is 0.262. The average Bonchev–Trinajstić information content (AvgIpc) is 1.68. The first-order valence-electron chi connectivity index (χ1n) is 2.38. The predicted octanol–water partition coefficient (Wildman–Crippen LogP) is -0.869. The molecule has 0 aromatic rings. The first kappa shape index (κ1) is 8.96. The third kappa shape index (κ3) is 5.10. The molecule has 4 heteroatoms. The molecule has 0 saturated carbocycles. The summed E-state index contributed by atoms with van der Waals surface area (Å²) in [6.45, 7) is 0.523. The molecule has 0 unspecified atom stereocenters. The second-order valence-electron chi connectivity index (χ2n) is 1.30. The van der Waals surface area contributed by atoms with Gasteiger partial charge in [-0.15, -0.1) is 0 Å². The van der Waals surface area contributed by atoms with Crippen LogP contribution in [0.1, 0.15) is 0 Å². The number of hydrogen-bond donors (Lipinski definition) is 2. The van der Waals surface area contributed by atoms with E-state index in [2.05, 4.69) is 14.2 Å². The molecule has 50 valence electrons. The van der Waals surface area contributed by atoms with Gasteiger partial charge in [-0.05, 0) is 0 Å². The summed E-state index contributed by atoms with van der Waals surface area (Å²) in [5, 5.41) is 18.5. The second kappa shape index (κ2) is 6.08. The van der Waals surface area contributed by atoms with Gasteiger partial charge in [0, 0.05) is 0 Å². The van der Waals surface area contributed by atoms with Crippen LogP contribution >= 0.6 is 0 Å². The van der Waals surface area contributed by atoms with Crippen LogP contribution in [0.15, 0.2) is 0 Å². The molecule has 2 nitrogen and oxygen atoms in total. The van der Waals surface area contributed by atoms with Crippen molar-refractivity contribution in [1.82, 2.24) is 0 Å². The number of aliphatic hydroxyl groups excluding tert-OH is 2. The van der Waals surface area contributed by atoms with Crippen LogP contribution < -0.4 is 0 Å². The van der Waals surface area contributed by atoms with Crippen molar-refractivity contribution in [2.75, 3.05) is 13.2 Å². The van der Waals surface area contributed by atoms with Gasteiger partial charge in [-0.25, -0.2) is 0 Å². The van der Waals surface area contributed by atoms with Gasteiger partial charge in [0.15, 0.2) is 0 Å². The summed E-state index contributed by atoms with van der Waals surface area (Å²) < 4.78 is 0. The maximum absolute atomic E-state index is 8.39. The van der Waals surface area contributed by atoms with Gasteiger partial charge in [0.1, 0.15) is 0 Å². The van der Waals surface area contributed by atoms with Gasteiger partial charge in [-0.2, -0.15) is 0 Å². The zero-order chi connectivity index (χ0) is 6.41. The second-order valence-corrected chi connectivity index (χ2v) is 9.99. The molecule has 0 aromatic carbocycles. The van der Waals surface area contributed by atoms with E-state index >= 15 is 0 Å². The van der Waals surface area contributed by atoms with E-state index in [1.165, 1.54) is 0 Å². The molecular formula is C4H10O2Se2. The Morgan fingerprint density at radius 1 is 1.12 bits per heavy atom. The molecule has 0 saturated heterocycles. The Balaban J connectivity index is 2.92. The fraction of sp³-hybridized carbons (Fsp3) is 1.00. The van der Waals surface area contributed by atoms with E-state index in [1.54, 1.807) is 0 Å². The Hall–Kier alpha value is 0.959. The Bertz CT molecular complexity index is 45.3. The van der Waals surface area contributed by atoms with Crippen molar-refractivity contribution < 1.29 is 10.2 Å². The monoisotopic (exact) mass is 250 g/mol. The topological polar surface area (TPSA) is 40.5 Å². The zero-order valence-corrected chi connectivity index (χ0v) is 7.97. The van der Waals surface area contributed by atoms with Crippen molar-refractivity contribution >= 4 is 26.3 Å². The maximum atomic E-state index is 8.39. The van der Waals surface area contributed by atoms with Gasteiger partial charge in [0.05, 0.1) is 0 Å². The molecular weight excluding hydrogens is 238 g/mol. The quantitative estimate of drug-likeness (QED) is 0.635. The summed E-state index contributed by atoms with van der Waals surface area (Å²) in [5.41, 5.74) is 0. The Labute approximate surface area is 60.5 Å². The third-order valence-corrected chi connectivity index (χ3v) is 6.95. The van der Waals surface area contributed by atoms with E-state index in [1.807, 2.05) is 0 Å². The molecule has 0 spiro atoms. The molecule has 0 aliphatic rings. The van der Waals surface area contributed by atoms with Gasteiger partial charge >= 0.3 is 60.3 Å². The predicted molar refractivity (Wildman–Crippen MR) is 35.3 cm³/mol. The fourth-order valence-electron chi connectivity index (χ4n) is 0.306. The van der Waals surface area contributed by atoms with Gasteiger partial charge in [-0.1, -0.05) is 0 Å². The molecule has 0 fully saturated rings. The number of rotatable bonds is 4. The van der Waals surface area contributed by atoms with Gasteiger partial charge in [-0.3, -0.25) is 0 Å². The molecule has 0 rings (SSSR count). The molecule has 0 bridgehead atoms. The van der Waals surface area contributed by atoms with Crippen LogP contribution in [0.4, 0.5) is 0 Å². The Morgan fingerprint density at radius 3 is 1.75 bits per heavy atom. The third-order valence-electron chi connectivity index (χ3n) is 0.638. The molecule has 8 heavy (non-hydrogen) atoms. The minimum atomic E-state index is -0.711. The van der Waals surface area contributed by atoms with Crippen molar-refractivity contribution in [3.63, 3.8) is 0 Å². The van der Waals surface area contributed by atoms with Crippen LogP contribution in [0.2, 0.25) is 10.6 Å². The van der Waals surface area contributed by atoms with Crippen molar-refractivity contribution in [1.29, 1.82) is 0 Å². The first-order valence-corrected chi connectivity index (χ1v) is 9.13. The van der Waals surface area contributed by atoms with E-state index in [-0.39, 0.29) is 13.2 Å². The van der Waals surface area contributed by atoms with Crippen LogP contribution in [-0.4, -0.2) is 49.7 Å². The molecule has 0 heterocycles. The summed E-state index contributed by atoms with van der Waals surface area (Å²) in [4.78, 5) is 0. The molecule has 2 N–H and O–H groups in total. The summed E-state index contributed by atoms with van der Waals surface area (Å²) in [6.07, 6.45) is 0. The number of hydrogen-bond acceptors (Lipinski definition) is 2. The van der Waals surface area contributed by atoms with E-state index in [9.17, 15) is 0 Å². The first-order chi connectivity index (χ1) is 3.81. The van der Waals surface area contributed by atoms with Crippen LogP contribution in [0.25, 0.3) is 0 Å². The molecule has 2 radical (unpaired) electrons. The fourth-order valence-corrected chi connectivity index (χ4v) is 3.21. The summed E-state index contributed by atoms with van der Waals surface area (Å²) in [6, 6.07) is 0. The SMILES string of the molecule is OCC[Se]([Se])CCO. The summed E-state index contributed by atoms with van der Waals surface area (Å²) >= 11 is 2.27. The normalized spacial score (nSPS) is 10.5. The van der Waals surface area contributed by atoms with Gasteiger partial charge < -0.3 is 0 Å². The van der Waals surface area contributed by atoms with E-state index < -0.39 is 12.1 Å². The Morgan fingerprint density at radius 2 is 1.50 bits per heavy atom. The zero-order valence-electron chi connectivity index (χ0n) is 4.54. The van der Waals surface area contributed by atoms with E-state index in [0.717, 1.165) is 10.6 Å². The van der Waals surface area contributed by atoms with Crippen molar-refractivity contribution in [3.05, 3.63) is 0 Å².